The number of hydrogen-bond donors (Lipinski definition) is 1. The molecule has 7 atom stereocenters. The normalized spacial score (nSPS) is 40.2. The van der Waals surface area contributed by atoms with Crippen LogP contribution in [0.5, 0.6) is 0 Å². The summed E-state index contributed by atoms with van der Waals surface area (Å²) in [5, 5.41) is 2.58. The van der Waals surface area contributed by atoms with Crippen molar-refractivity contribution < 1.29 is 4.74 Å². The number of rotatable bonds is 1. The summed E-state index contributed by atoms with van der Waals surface area (Å²) in [6, 6.07) is 11.8. The van der Waals surface area contributed by atoms with Gasteiger partial charge in [-0.2, -0.15) is 0 Å². The molecule has 5 nitrogen and oxygen atoms in total. The highest BCUT2D eigenvalue weighted by Gasteiger charge is 2.71. The van der Waals surface area contributed by atoms with Gasteiger partial charge in [-0.15, -0.1) is 0 Å². The fourth-order valence-corrected chi connectivity index (χ4v) is 10.1. The fourth-order valence-electron chi connectivity index (χ4n) is 10.1. The van der Waals surface area contributed by atoms with Crippen LogP contribution in [0.1, 0.15) is 69.9 Å². The van der Waals surface area contributed by atoms with Gasteiger partial charge in [-0.1, -0.05) is 42.5 Å². The van der Waals surface area contributed by atoms with Crippen LogP contribution in [-0.2, 0) is 4.74 Å². The van der Waals surface area contributed by atoms with Gasteiger partial charge in [0.1, 0.15) is 11.8 Å². The molecule has 7 heterocycles. The van der Waals surface area contributed by atoms with E-state index in [1.54, 1.807) is 0 Å². The molecule has 1 aliphatic carbocycles. The standard InChI is InChI=1S/C36H42N4O/c1-2-4-11-20-39-21-17-29-28(32-33-27(16-19-37-32)26-13-8-9-14-30(26)38-33)23-36(18-10-3-1)34-35(29,24-39)22-25-12-6-5-7-15-31(41-36)40(25)34/h1,3,6,8-9,12-14,16,19,23,25,29,31,34,38H,2,4-5,7,10-11,15,17-18,20-22,24H2/b3-1-,12-6-/t25-,29?,31?,34+,35?,36?/m0/s1. The molecule has 2 aromatic heterocycles. The number of nitrogens with zero attached hydrogens (tertiary/aromatic N) is 3. The molecule has 5 aliphatic heterocycles. The number of H-pyrrole nitrogens is 1. The van der Waals surface area contributed by atoms with E-state index in [0.717, 1.165) is 19.3 Å². The van der Waals surface area contributed by atoms with Gasteiger partial charge in [0.15, 0.2) is 0 Å². The third-order valence-electron chi connectivity index (χ3n) is 11.5. The van der Waals surface area contributed by atoms with Crippen LogP contribution in [0.4, 0.5) is 0 Å². The van der Waals surface area contributed by atoms with E-state index in [4.69, 9.17) is 9.72 Å². The maximum atomic E-state index is 7.45. The Morgan fingerprint density at radius 3 is 2.85 bits per heavy atom. The topological polar surface area (TPSA) is 44.4 Å². The lowest BCUT2D eigenvalue weighted by Crippen LogP contribution is -2.62. The zero-order chi connectivity index (χ0) is 27.0. The van der Waals surface area contributed by atoms with Crippen molar-refractivity contribution in [3.63, 3.8) is 0 Å². The van der Waals surface area contributed by atoms with E-state index in [0.29, 0.717) is 18.0 Å². The predicted octanol–water partition coefficient (Wildman–Crippen LogP) is 7.22. The number of aromatic amines is 1. The number of allylic oxidation sites excluding steroid dienone is 4. The van der Waals surface area contributed by atoms with Crippen LogP contribution in [0.2, 0.25) is 0 Å². The molecular weight excluding hydrogens is 504 g/mol. The van der Waals surface area contributed by atoms with Crippen LogP contribution in [0.15, 0.2) is 66.9 Å². The first-order chi connectivity index (χ1) is 20.3. The molecule has 5 heteroatoms. The van der Waals surface area contributed by atoms with Crippen molar-refractivity contribution in [3.05, 3.63) is 72.6 Å². The van der Waals surface area contributed by atoms with E-state index in [2.05, 4.69) is 75.5 Å². The molecule has 0 radical (unpaired) electrons. The second-order valence-electron chi connectivity index (χ2n) is 13.7. The quantitative estimate of drug-likeness (QED) is 0.327. The summed E-state index contributed by atoms with van der Waals surface area (Å²) in [6.07, 6.45) is 26.7. The molecule has 3 fully saturated rings. The van der Waals surface area contributed by atoms with Gasteiger partial charge in [0.25, 0.3) is 0 Å². The van der Waals surface area contributed by atoms with Crippen molar-refractivity contribution >= 4 is 27.4 Å². The lowest BCUT2D eigenvalue weighted by atomic mass is 9.55. The third-order valence-corrected chi connectivity index (χ3v) is 11.5. The molecule has 41 heavy (non-hydrogen) atoms. The zero-order valence-electron chi connectivity index (χ0n) is 24.1. The second kappa shape index (κ2) is 9.39. The number of nitrogens with one attached hydrogen (secondary N) is 1. The number of hydrogen-bond acceptors (Lipinski definition) is 4. The van der Waals surface area contributed by atoms with E-state index in [1.165, 1.54) is 97.7 Å². The van der Waals surface area contributed by atoms with Gasteiger partial charge in [-0.05, 0) is 107 Å². The average molecular weight is 547 g/mol. The summed E-state index contributed by atoms with van der Waals surface area (Å²) in [7, 11) is 0. The second-order valence-corrected chi connectivity index (χ2v) is 13.7. The summed E-state index contributed by atoms with van der Waals surface area (Å²) >= 11 is 0. The van der Waals surface area contributed by atoms with Gasteiger partial charge in [0, 0.05) is 40.5 Å². The molecule has 9 rings (SSSR count). The van der Waals surface area contributed by atoms with Crippen LogP contribution in [0.25, 0.3) is 27.4 Å². The lowest BCUT2D eigenvalue weighted by Gasteiger charge is -2.56. The number of piperidine rings is 1. The summed E-state index contributed by atoms with van der Waals surface area (Å²) in [5.74, 6) is 0.492. The van der Waals surface area contributed by atoms with Crippen LogP contribution in [-0.4, -0.2) is 63.3 Å². The molecule has 3 saturated heterocycles. The van der Waals surface area contributed by atoms with Crippen LogP contribution >= 0.6 is 0 Å². The van der Waals surface area contributed by atoms with E-state index >= 15 is 0 Å². The van der Waals surface area contributed by atoms with Crippen molar-refractivity contribution in [1.29, 1.82) is 0 Å². The summed E-state index contributed by atoms with van der Waals surface area (Å²) in [4.78, 5) is 14.7. The molecule has 1 aromatic carbocycles. The maximum absolute atomic E-state index is 7.45. The van der Waals surface area contributed by atoms with E-state index in [9.17, 15) is 0 Å². The SMILES string of the molecule is C1=C(c2nccc3c2[nH]c2ccccc23)C2CCN3CCCC/C=C\CCC14OC1CCC/C=C\[C@H]5CC2(C3)[C@H]4N15. The first-order valence-corrected chi connectivity index (χ1v) is 16.3. The highest BCUT2D eigenvalue weighted by atomic mass is 16.5. The Hall–Kier alpha value is -2.73. The third kappa shape index (κ3) is 3.61. The molecule has 6 aliphatic rings. The van der Waals surface area contributed by atoms with E-state index in [-0.39, 0.29) is 17.2 Å². The Balaban J connectivity index is 1.29. The number of pyridine rings is 1. The van der Waals surface area contributed by atoms with Crippen molar-refractivity contribution in [2.75, 3.05) is 19.6 Å². The van der Waals surface area contributed by atoms with Crippen LogP contribution < -0.4 is 0 Å². The van der Waals surface area contributed by atoms with Gasteiger partial charge in [-0.3, -0.25) is 9.88 Å². The smallest absolute Gasteiger partial charge is 0.112 e. The van der Waals surface area contributed by atoms with E-state index < -0.39 is 0 Å². The van der Waals surface area contributed by atoms with Gasteiger partial charge in [0.2, 0.25) is 0 Å². The van der Waals surface area contributed by atoms with Gasteiger partial charge in [-0.25, -0.2) is 0 Å². The molecule has 0 saturated carbocycles. The highest BCUT2D eigenvalue weighted by Crippen LogP contribution is 2.65. The zero-order valence-corrected chi connectivity index (χ0v) is 24.1. The van der Waals surface area contributed by atoms with Crippen molar-refractivity contribution in [1.82, 2.24) is 19.8 Å². The average Bonchev–Trinajstić information content (AvgIpc) is 3.62. The van der Waals surface area contributed by atoms with E-state index in [1.807, 2.05) is 6.20 Å². The Labute approximate surface area is 243 Å². The first-order valence-electron chi connectivity index (χ1n) is 16.3. The van der Waals surface area contributed by atoms with Gasteiger partial charge >= 0.3 is 0 Å². The van der Waals surface area contributed by atoms with Crippen molar-refractivity contribution in [2.45, 2.75) is 88.1 Å². The number of fused-ring (bicyclic) bond motifs is 4. The molecule has 1 N–H and O–H groups in total. The molecule has 5 unspecified atom stereocenters. The minimum Gasteiger partial charge on any atom is -0.353 e. The Morgan fingerprint density at radius 1 is 0.927 bits per heavy atom. The van der Waals surface area contributed by atoms with Gasteiger partial charge < -0.3 is 14.6 Å². The molecule has 3 bridgehead atoms. The van der Waals surface area contributed by atoms with Crippen molar-refractivity contribution in [3.8, 4) is 0 Å². The summed E-state index contributed by atoms with van der Waals surface area (Å²) in [6.45, 7) is 3.60. The van der Waals surface area contributed by atoms with Crippen LogP contribution in [0.3, 0.4) is 0 Å². The Morgan fingerprint density at radius 2 is 1.85 bits per heavy atom. The Kier molecular flexibility index (Phi) is 5.69. The monoisotopic (exact) mass is 546 g/mol. The molecule has 212 valence electrons. The fraction of sp³-hybridized carbons (Fsp3) is 0.528. The number of aromatic nitrogens is 2. The van der Waals surface area contributed by atoms with Crippen molar-refractivity contribution in [2.24, 2.45) is 11.3 Å². The minimum absolute atomic E-state index is 0.171. The molecule has 0 amide bonds. The maximum Gasteiger partial charge on any atom is 0.112 e. The Bertz CT molecular complexity index is 1580. The molecule has 3 aromatic rings. The molecule has 1 spiro atoms. The minimum atomic E-state index is -0.277. The largest absolute Gasteiger partial charge is 0.353 e. The number of benzene rings is 1. The summed E-state index contributed by atoms with van der Waals surface area (Å²) < 4.78 is 7.45. The van der Waals surface area contributed by atoms with Crippen LogP contribution in [0, 0.1) is 11.3 Å². The molecular formula is C36H42N4O. The summed E-state index contributed by atoms with van der Waals surface area (Å²) in [5.41, 5.74) is 4.92. The lowest BCUT2D eigenvalue weighted by molar-refractivity contribution is -0.0733. The first kappa shape index (κ1) is 24.8. The highest BCUT2D eigenvalue weighted by molar-refractivity contribution is 6.09. The predicted molar refractivity (Wildman–Crippen MR) is 165 cm³/mol. The number of para-hydroxylation sites is 1. The number of ether oxygens (including phenoxy) is 1. The van der Waals surface area contributed by atoms with Gasteiger partial charge in [0.05, 0.1) is 17.3 Å².